The van der Waals surface area contributed by atoms with Crippen LogP contribution < -0.4 is 5.32 Å². The molecule has 120 valence electrons. The van der Waals surface area contributed by atoms with Crippen LogP contribution in [0, 0.1) is 0 Å². The molecule has 0 atom stereocenters. The molecule has 1 amide bonds. The second kappa shape index (κ2) is 7.04. The zero-order chi connectivity index (χ0) is 16.1. The highest BCUT2D eigenvalue weighted by atomic mass is 16.5. The number of aryl methyl sites for hydroxylation is 2. The topological polar surface area (TPSA) is 96.7 Å². The van der Waals surface area contributed by atoms with Crippen LogP contribution in [0.1, 0.15) is 37.9 Å². The number of H-pyrrole nitrogens is 1. The number of nitrogens with one attached hydrogen (secondary N) is 2. The Morgan fingerprint density at radius 2 is 2.13 bits per heavy atom. The van der Waals surface area contributed by atoms with Gasteiger partial charge in [-0.15, -0.1) is 0 Å². The third-order valence-corrected chi connectivity index (χ3v) is 3.43. The maximum Gasteiger partial charge on any atom is 0.226 e. The molecule has 0 spiro atoms. The lowest BCUT2D eigenvalue weighted by Crippen LogP contribution is -2.12. The minimum Gasteiger partial charge on any atom is -0.339 e. The molecule has 3 rings (SSSR count). The van der Waals surface area contributed by atoms with Crippen molar-refractivity contribution in [3.05, 3.63) is 36.0 Å². The molecule has 0 radical (unpaired) electrons. The highest BCUT2D eigenvalue weighted by Crippen LogP contribution is 2.13. The number of fused-ring (bicyclic) bond motifs is 1. The summed E-state index contributed by atoms with van der Waals surface area (Å²) < 4.78 is 5.15. The summed E-state index contributed by atoms with van der Waals surface area (Å²) in [4.78, 5) is 23.6. The van der Waals surface area contributed by atoms with Crippen molar-refractivity contribution in [1.82, 2.24) is 20.1 Å². The van der Waals surface area contributed by atoms with Crippen LogP contribution in [0.25, 0.3) is 11.0 Å². The maximum atomic E-state index is 11.9. The predicted molar refractivity (Wildman–Crippen MR) is 86.0 cm³/mol. The minimum absolute atomic E-state index is 0.0858. The molecular weight excluding hydrogens is 294 g/mol. The first-order valence-corrected chi connectivity index (χ1v) is 7.80. The molecule has 0 aliphatic rings. The number of para-hydroxylation sites is 2. The predicted octanol–water partition coefficient (Wildman–Crippen LogP) is 2.86. The van der Waals surface area contributed by atoms with Gasteiger partial charge in [-0.1, -0.05) is 24.2 Å². The molecule has 0 unspecified atom stereocenters. The van der Waals surface area contributed by atoms with E-state index in [9.17, 15) is 4.79 Å². The van der Waals surface area contributed by atoms with Crippen molar-refractivity contribution in [2.45, 2.75) is 39.0 Å². The van der Waals surface area contributed by atoms with Gasteiger partial charge in [0, 0.05) is 19.3 Å². The second-order valence-electron chi connectivity index (χ2n) is 5.36. The lowest BCUT2D eigenvalue weighted by atomic mass is 10.2. The largest absolute Gasteiger partial charge is 0.339 e. The molecule has 2 N–H and O–H groups in total. The van der Waals surface area contributed by atoms with Crippen molar-refractivity contribution < 1.29 is 9.32 Å². The first kappa shape index (κ1) is 15.2. The smallest absolute Gasteiger partial charge is 0.226 e. The zero-order valence-electron chi connectivity index (χ0n) is 13.0. The summed E-state index contributed by atoms with van der Waals surface area (Å²) in [6.45, 7) is 2.07. The summed E-state index contributed by atoms with van der Waals surface area (Å²) >= 11 is 0. The Hall–Kier alpha value is -2.70. The molecule has 0 bridgehead atoms. The van der Waals surface area contributed by atoms with Gasteiger partial charge in [-0.25, -0.2) is 4.98 Å². The van der Waals surface area contributed by atoms with E-state index < -0.39 is 0 Å². The van der Waals surface area contributed by atoms with E-state index in [0.29, 0.717) is 31.1 Å². The van der Waals surface area contributed by atoms with E-state index in [1.54, 1.807) is 0 Å². The average molecular weight is 313 g/mol. The number of hydrogen-bond acceptors (Lipinski definition) is 5. The van der Waals surface area contributed by atoms with E-state index in [1.807, 2.05) is 24.3 Å². The number of hydrogen-bond donors (Lipinski definition) is 2. The van der Waals surface area contributed by atoms with Gasteiger partial charge in [-0.05, 0) is 25.0 Å². The monoisotopic (exact) mass is 313 g/mol. The Labute approximate surface area is 133 Å². The van der Waals surface area contributed by atoms with Crippen molar-refractivity contribution in [2.24, 2.45) is 0 Å². The van der Waals surface area contributed by atoms with E-state index in [1.165, 1.54) is 0 Å². The molecule has 0 fully saturated rings. The van der Waals surface area contributed by atoms with Crippen LogP contribution in [-0.4, -0.2) is 26.0 Å². The van der Waals surface area contributed by atoms with E-state index >= 15 is 0 Å². The molecule has 3 aromatic rings. The third-order valence-electron chi connectivity index (χ3n) is 3.43. The number of imidazole rings is 1. The highest BCUT2D eigenvalue weighted by molar-refractivity contribution is 5.90. The van der Waals surface area contributed by atoms with Crippen molar-refractivity contribution in [2.75, 3.05) is 5.32 Å². The van der Waals surface area contributed by atoms with Gasteiger partial charge in [-0.2, -0.15) is 4.98 Å². The third kappa shape index (κ3) is 3.94. The Morgan fingerprint density at radius 3 is 2.96 bits per heavy atom. The van der Waals surface area contributed by atoms with Gasteiger partial charge in [0.15, 0.2) is 5.82 Å². The first-order valence-electron chi connectivity index (χ1n) is 7.80. The molecule has 1 aromatic carbocycles. The van der Waals surface area contributed by atoms with E-state index in [4.69, 9.17) is 4.52 Å². The lowest BCUT2D eigenvalue weighted by Gasteiger charge is -2.00. The lowest BCUT2D eigenvalue weighted by molar-refractivity contribution is -0.116. The normalized spacial score (nSPS) is 11.0. The quantitative estimate of drug-likeness (QED) is 0.699. The Balaban J connectivity index is 1.47. The Morgan fingerprint density at radius 1 is 1.26 bits per heavy atom. The number of carbonyl (C=O) groups is 1. The maximum absolute atomic E-state index is 11.9. The van der Waals surface area contributed by atoms with Gasteiger partial charge in [-0.3, -0.25) is 10.1 Å². The number of aromatic amines is 1. The van der Waals surface area contributed by atoms with Gasteiger partial charge in [0.2, 0.25) is 17.7 Å². The summed E-state index contributed by atoms with van der Waals surface area (Å²) in [5.41, 5.74) is 1.73. The van der Waals surface area contributed by atoms with Crippen molar-refractivity contribution in [1.29, 1.82) is 0 Å². The standard InChI is InChI=1S/C16H19N5O2/c1-2-6-13-19-15(23-21-13)10-5-9-14(22)20-16-17-11-7-3-4-8-12(11)18-16/h3-4,7-8H,2,5-6,9-10H2,1H3,(H2,17,18,20,22). The van der Waals surface area contributed by atoms with Crippen molar-refractivity contribution >= 4 is 22.9 Å². The van der Waals surface area contributed by atoms with Gasteiger partial charge in [0.05, 0.1) is 11.0 Å². The van der Waals surface area contributed by atoms with Crippen LogP contribution in [0.5, 0.6) is 0 Å². The van der Waals surface area contributed by atoms with Crippen LogP contribution in [0.15, 0.2) is 28.8 Å². The van der Waals surface area contributed by atoms with Crippen molar-refractivity contribution in [3.8, 4) is 0 Å². The van der Waals surface area contributed by atoms with Crippen molar-refractivity contribution in [3.63, 3.8) is 0 Å². The number of benzene rings is 1. The molecule has 0 saturated carbocycles. The Bertz CT molecular complexity index is 759. The molecule has 0 saturated heterocycles. The SMILES string of the molecule is CCCc1noc(CCCC(=O)Nc2nc3ccccc3[nH]2)n1. The highest BCUT2D eigenvalue weighted by Gasteiger charge is 2.09. The van der Waals surface area contributed by atoms with Crippen LogP contribution in [0.3, 0.4) is 0 Å². The number of anilines is 1. The van der Waals surface area contributed by atoms with Crippen LogP contribution >= 0.6 is 0 Å². The van der Waals surface area contributed by atoms with E-state index in [0.717, 1.165) is 29.7 Å². The molecule has 7 heteroatoms. The Kier molecular flexibility index (Phi) is 4.65. The number of carbonyl (C=O) groups excluding carboxylic acids is 1. The number of aromatic nitrogens is 4. The molecule has 2 heterocycles. The summed E-state index contributed by atoms with van der Waals surface area (Å²) in [7, 11) is 0. The minimum atomic E-state index is -0.0858. The van der Waals surface area contributed by atoms with Crippen LogP contribution in [0.4, 0.5) is 5.95 Å². The summed E-state index contributed by atoms with van der Waals surface area (Å²) in [5.74, 6) is 1.70. The molecule has 23 heavy (non-hydrogen) atoms. The fourth-order valence-corrected chi connectivity index (χ4v) is 2.32. The van der Waals surface area contributed by atoms with Crippen LogP contribution in [-0.2, 0) is 17.6 Å². The number of amides is 1. The molecule has 0 aliphatic carbocycles. The zero-order valence-corrected chi connectivity index (χ0v) is 13.0. The first-order chi connectivity index (χ1) is 11.2. The summed E-state index contributed by atoms with van der Waals surface area (Å²) in [6, 6.07) is 7.64. The molecule has 2 aromatic heterocycles. The van der Waals surface area contributed by atoms with Gasteiger partial charge in [0.25, 0.3) is 0 Å². The number of nitrogens with zero attached hydrogens (tertiary/aromatic N) is 3. The molecule has 7 nitrogen and oxygen atoms in total. The second-order valence-corrected chi connectivity index (χ2v) is 5.36. The molecule has 0 aliphatic heterocycles. The van der Waals surface area contributed by atoms with Crippen LogP contribution in [0.2, 0.25) is 0 Å². The summed E-state index contributed by atoms with van der Waals surface area (Å²) in [6.07, 6.45) is 3.43. The summed E-state index contributed by atoms with van der Waals surface area (Å²) in [5, 5.41) is 6.66. The van der Waals surface area contributed by atoms with Gasteiger partial charge < -0.3 is 9.51 Å². The fourth-order valence-electron chi connectivity index (χ4n) is 2.32. The fraction of sp³-hybridized carbons (Fsp3) is 0.375. The van der Waals surface area contributed by atoms with Gasteiger partial charge in [0.1, 0.15) is 0 Å². The van der Waals surface area contributed by atoms with Gasteiger partial charge >= 0.3 is 0 Å². The van der Waals surface area contributed by atoms with E-state index in [2.05, 4.69) is 32.3 Å². The average Bonchev–Trinajstić information content (AvgIpc) is 3.13. The molecular formula is C16H19N5O2. The number of rotatable bonds is 7. The van der Waals surface area contributed by atoms with E-state index in [-0.39, 0.29) is 5.91 Å².